The smallest absolute Gasteiger partial charge is 0.197 e. The molecule has 1 aromatic heterocycles. The highest BCUT2D eigenvalue weighted by molar-refractivity contribution is 6.29. The summed E-state index contributed by atoms with van der Waals surface area (Å²) in [5, 5.41) is 6.53. The van der Waals surface area contributed by atoms with Crippen LogP contribution in [0.5, 0.6) is 0 Å². The van der Waals surface area contributed by atoms with Gasteiger partial charge in [-0.25, -0.2) is 0 Å². The Balaban J connectivity index is 1.97. The zero-order valence-corrected chi connectivity index (χ0v) is 12.7. The van der Waals surface area contributed by atoms with E-state index < -0.39 is 0 Å². The first-order valence-electron chi connectivity index (χ1n) is 7.22. The van der Waals surface area contributed by atoms with Gasteiger partial charge >= 0.3 is 0 Å². The van der Waals surface area contributed by atoms with E-state index in [1.807, 2.05) is 6.07 Å². The largest absolute Gasteiger partial charge is 0.453 e. The molecule has 108 valence electrons. The van der Waals surface area contributed by atoms with Crippen molar-refractivity contribution in [2.45, 2.75) is 19.4 Å². The number of halogens is 1. The third kappa shape index (κ3) is 2.97. The number of hydrogen-bond acceptors (Lipinski definition) is 2. The first-order valence-corrected chi connectivity index (χ1v) is 7.60. The van der Waals surface area contributed by atoms with Crippen molar-refractivity contribution in [2.24, 2.45) is 0 Å². The number of nitrogens with one attached hydrogen (secondary N) is 1. The molecule has 1 heterocycles. The fourth-order valence-electron chi connectivity index (χ4n) is 2.78. The van der Waals surface area contributed by atoms with E-state index in [1.54, 1.807) is 6.26 Å². The molecule has 0 radical (unpaired) electrons. The van der Waals surface area contributed by atoms with Crippen molar-refractivity contribution in [2.75, 3.05) is 6.54 Å². The standard InChI is InChI=1S/C18H18ClNO/c1-2-20-17(16-10-11-21-18(16)19)12-14-8-5-7-13-6-3-4-9-15(13)14/h3-11,17,20H,2,12H2,1H3. The van der Waals surface area contributed by atoms with Gasteiger partial charge in [0.25, 0.3) is 0 Å². The minimum absolute atomic E-state index is 0.159. The molecule has 3 heteroatoms. The van der Waals surface area contributed by atoms with Crippen molar-refractivity contribution in [1.82, 2.24) is 5.32 Å². The van der Waals surface area contributed by atoms with E-state index in [1.165, 1.54) is 16.3 Å². The second-order valence-electron chi connectivity index (χ2n) is 5.10. The lowest BCUT2D eigenvalue weighted by Gasteiger charge is -2.18. The van der Waals surface area contributed by atoms with Crippen molar-refractivity contribution in [3.05, 3.63) is 71.1 Å². The Kier molecular flexibility index (Phi) is 4.28. The maximum atomic E-state index is 6.15. The van der Waals surface area contributed by atoms with Gasteiger partial charge in [0.05, 0.1) is 6.26 Å². The van der Waals surface area contributed by atoms with Crippen LogP contribution in [-0.4, -0.2) is 6.54 Å². The topological polar surface area (TPSA) is 25.2 Å². The summed E-state index contributed by atoms with van der Waals surface area (Å²) in [5.41, 5.74) is 2.34. The van der Waals surface area contributed by atoms with Crippen LogP contribution in [-0.2, 0) is 6.42 Å². The maximum absolute atomic E-state index is 6.15. The highest BCUT2D eigenvalue weighted by Gasteiger charge is 2.17. The van der Waals surface area contributed by atoms with E-state index in [0.717, 1.165) is 18.5 Å². The van der Waals surface area contributed by atoms with Crippen molar-refractivity contribution in [3.63, 3.8) is 0 Å². The van der Waals surface area contributed by atoms with E-state index in [4.69, 9.17) is 16.0 Å². The lowest BCUT2D eigenvalue weighted by molar-refractivity contribution is 0.527. The molecule has 0 aliphatic heterocycles. The molecule has 1 atom stereocenters. The van der Waals surface area contributed by atoms with E-state index in [-0.39, 0.29) is 6.04 Å². The summed E-state index contributed by atoms with van der Waals surface area (Å²) in [4.78, 5) is 0. The van der Waals surface area contributed by atoms with Gasteiger partial charge in [-0.1, -0.05) is 49.4 Å². The van der Waals surface area contributed by atoms with Crippen molar-refractivity contribution < 1.29 is 4.42 Å². The minimum atomic E-state index is 0.159. The SMILES string of the molecule is CCNC(Cc1cccc2ccccc12)c1ccoc1Cl. The van der Waals surface area contributed by atoms with E-state index in [9.17, 15) is 0 Å². The zero-order chi connectivity index (χ0) is 14.7. The third-order valence-electron chi connectivity index (χ3n) is 3.78. The summed E-state index contributed by atoms with van der Waals surface area (Å²) in [6, 6.07) is 17.0. The molecular formula is C18H18ClNO. The molecule has 0 aliphatic rings. The van der Waals surface area contributed by atoms with Crippen LogP contribution in [0.3, 0.4) is 0 Å². The summed E-state index contributed by atoms with van der Waals surface area (Å²) in [6.07, 6.45) is 2.53. The number of hydrogen-bond donors (Lipinski definition) is 1. The molecule has 0 bridgehead atoms. The van der Waals surface area contributed by atoms with Gasteiger partial charge in [-0.2, -0.15) is 0 Å². The van der Waals surface area contributed by atoms with Crippen LogP contribution in [0.25, 0.3) is 10.8 Å². The normalized spacial score (nSPS) is 12.7. The lowest BCUT2D eigenvalue weighted by Crippen LogP contribution is -2.22. The summed E-state index contributed by atoms with van der Waals surface area (Å²) in [6.45, 7) is 2.99. The molecule has 0 saturated carbocycles. The van der Waals surface area contributed by atoms with Gasteiger partial charge in [0.2, 0.25) is 0 Å². The molecule has 0 aliphatic carbocycles. The molecule has 3 rings (SSSR count). The van der Waals surface area contributed by atoms with Crippen LogP contribution in [0.1, 0.15) is 24.1 Å². The fourth-order valence-corrected chi connectivity index (χ4v) is 3.03. The molecule has 1 N–H and O–H groups in total. The monoisotopic (exact) mass is 299 g/mol. The van der Waals surface area contributed by atoms with Crippen LogP contribution < -0.4 is 5.32 Å². The molecule has 21 heavy (non-hydrogen) atoms. The quantitative estimate of drug-likeness (QED) is 0.719. The Morgan fingerprint density at radius 3 is 2.67 bits per heavy atom. The van der Waals surface area contributed by atoms with Crippen LogP contribution in [0, 0.1) is 0 Å². The Morgan fingerprint density at radius 1 is 1.10 bits per heavy atom. The van der Waals surface area contributed by atoms with Crippen LogP contribution in [0.15, 0.2) is 59.2 Å². The second-order valence-corrected chi connectivity index (χ2v) is 5.45. The molecule has 0 spiro atoms. The average molecular weight is 300 g/mol. The lowest BCUT2D eigenvalue weighted by atomic mass is 9.96. The first-order chi connectivity index (χ1) is 10.3. The van der Waals surface area contributed by atoms with Crippen LogP contribution >= 0.6 is 11.6 Å². The Bertz CT molecular complexity index is 729. The number of rotatable bonds is 5. The van der Waals surface area contributed by atoms with Gasteiger partial charge in [-0.15, -0.1) is 0 Å². The predicted octanol–water partition coefficient (Wildman–Crippen LogP) is 4.98. The van der Waals surface area contributed by atoms with Gasteiger partial charge in [0.15, 0.2) is 5.22 Å². The zero-order valence-electron chi connectivity index (χ0n) is 12.0. The van der Waals surface area contributed by atoms with E-state index in [2.05, 4.69) is 54.7 Å². The molecule has 2 aromatic carbocycles. The average Bonchev–Trinajstić information content (AvgIpc) is 2.93. The van der Waals surface area contributed by atoms with Gasteiger partial charge in [-0.05, 0) is 47.0 Å². The fraction of sp³-hybridized carbons (Fsp3) is 0.222. The number of likely N-dealkylation sites (N-methyl/N-ethyl adjacent to an activating group) is 1. The van der Waals surface area contributed by atoms with Gasteiger partial charge < -0.3 is 9.73 Å². The molecule has 0 fully saturated rings. The number of furan rings is 1. The number of fused-ring (bicyclic) bond motifs is 1. The predicted molar refractivity (Wildman–Crippen MR) is 87.8 cm³/mol. The van der Waals surface area contributed by atoms with E-state index in [0.29, 0.717) is 5.22 Å². The molecule has 0 saturated heterocycles. The van der Waals surface area contributed by atoms with Crippen molar-refractivity contribution in [3.8, 4) is 0 Å². The third-order valence-corrected chi connectivity index (χ3v) is 4.08. The Morgan fingerprint density at radius 2 is 1.90 bits per heavy atom. The Labute approximate surface area is 129 Å². The molecule has 0 amide bonds. The second kappa shape index (κ2) is 6.33. The first kappa shape index (κ1) is 14.2. The van der Waals surface area contributed by atoms with Crippen LogP contribution in [0.4, 0.5) is 0 Å². The summed E-state index contributed by atoms with van der Waals surface area (Å²) < 4.78 is 5.24. The summed E-state index contributed by atoms with van der Waals surface area (Å²) >= 11 is 6.15. The highest BCUT2D eigenvalue weighted by Crippen LogP contribution is 2.29. The van der Waals surface area contributed by atoms with Crippen molar-refractivity contribution in [1.29, 1.82) is 0 Å². The Hall–Kier alpha value is -1.77. The summed E-state index contributed by atoms with van der Waals surface area (Å²) in [7, 11) is 0. The van der Waals surface area contributed by atoms with Gasteiger partial charge in [0, 0.05) is 11.6 Å². The summed E-state index contributed by atoms with van der Waals surface area (Å²) in [5.74, 6) is 0. The molecular weight excluding hydrogens is 282 g/mol. The van der Waals surface area contributed by atoms with Gasteiger partial charge in [-0.3, -0.25) is 0 Å². The highest BCUT2D eigenvalue weighted by atomic mass is 35.5. The molecule has 3 aromatic rings. The van der Waals surface area contributed by atoms with Gasteiger partial charge in [0.1, 0.15) is 0 Å². The van der Waals surface area contributed by atoms with Crippen molar-refractivity contribution >= 4 is 22.4 Å². The maximum Gasteiger partial charge on any atom is 0.197 e. The minimum Gasteiger partial charge on any atom is -0.453 e. The number of benzene rings is 2. The molecule has 2 nitrogen and oxygen atoms in total. The van der Waals surface area contributed by atoms with E-state index >= 15 is 0 Å². The molecule has 1 unspecified atom stereocenters. The van der Waals surface area contributed by atoms with Crippen LogP contribution in [0.2, 0.25) is 5.22 Å².